The van der Waals surface area contributed by atoms with Gasteiger partial charge in [0, 0.05) is 43.5 Å². The van der Waals surface area contributed by atoms with Gasteiger partial charge < -0.3 is 15.0 Å². The summed E-state index contributed by atoms with van der Waals surface area (Å²) in [5, 5.41) is 3.51. The molecule has 1 N–H and O–H groups in total. The van der Waals surface area contributed by atoms with Crippen LogP contribution in [0.1, 0.15) is 31.0 Å². The lowest BCUT2D eigenvalue weighted by Crippen LogP contribution is -2.27. The predicted molar refractivity (Wildman–Crippen MR) is 86.8 cm³/mol. The maximum absolute atomic E-state index is 5.17. The van der Waals surface area contributed by atoms with Crippen LogP contribution in [0.25, 0.3) is 0 Å². The zero-order chi connectivity index (χ0) is 15.6. The third-order valence-corrected chi connectivity index (χ3v) is 4.27. The quantitative estimate of drug-likeness (QED) is 0.902. The van der Waals surface area contributed by atoms with Gasteiger partial charge in [-0.05, 0) is 25.3 Å². The van der Waals surface area contributed by atoms with E-state index in [0.717, 1.165) is 37.1 Å². The Labute approximate surface area is 135 Å². The minimum absolute atomic E-state index is 0.340. The fourth-order valence-electron chi connectivity index (χ4n) is 2.86. The Bertz CT molecular complexity index is 690. The van der Waals surface area contributed by atoms with Gasteiger partial charge in [-0.1, -0.05) is 0 Å². The van der Waals surface area contributed by atoms with Crippen LogP contribution >= 0.6 is 0 Å². The van der Waals surface area contributed by atoms with E-state index in [1.54, 1.807) is 19.4 Å². The first-order valence-electron chi connectivity index (χ1n) is 8.03. The van der Waals surface area contributed by atoms with Crippen molar-refractivity contribution in [3.8, 4) is 5.88 Å². The second-order valence-corrected chi connectivity index (χ2v) is 6.05. The third-order valence-electron chi connectivity index (χ3n) is 4.27. The molecule has 3 heterocycles. The number of nitrogens with one attached hydrogen (secondary N) is 1. The molecule has 120 valence electrons. The molecule has 23 heavy (non-hydrogen) atoms. The van der Waals surface area contributed by atoms with Crippen LogP contribution in [0.4, 0.5) is 11.8 Å². The average Bonchev–Trinajstić information content (AvgIpc) is 3.35. The van der Waals surface area contributed by atoms with Crippen molar-refractivity contribution in [3.05, 3.63) is 30.4 Å². The van der Waals surface area contributed by atoms with Crippen molar-refractivity contribution < 1.29 is 4.74 Å². The number of nitrogens with zero attached hydrogens (tertiary/aromatic N) is 5. The minimum atomic E-state index is 0.340. The van der Waals surface area contributed by atoms with Gasteiger partial charge >= 0.3 is 0 Å². The largest absolute Gasteiger partial charge is 0.481 e. The first-order valence-corrected chi connectivity index (χ1v) is 8.03. The Morgan fingerprint density at radius 1 is 1.13 bits per heavy atom. The summed E-state index contributed by atoms with van der Waals surface area (Å²) in [6.07, 6.45) is 7.04. The highest BCUT2D eigenvalue weighted by atomic mass is 16.5. The number of hydrogen-bond donors (Lipinski definition) is 1. The van der Waals surface area contributed by atoms with Crippen LogP contribution in [0.15, 0.2) is 24.5 Å². The van der Waals surface area contributed by atoms with Gasteiger partial charge in [0.1, 0.15) is 11.6 Å². The number of hydrogen-bond acceptors (Lipinski definition) is 7. The van der Waals surface area contributed by atoms with Gasteiger partial charge in [0.05, 0.1) is 7.11 Å². The van der Waals surface area contributed by atoms with Gasteiger partial charge in [-0.2, -0.15) is 4.98 Å². The fourth-order valence-corrected chi connectivity index (χ4v) is 2.86. The van der Waals surface area contributed by atoms with Gasteiger partial charge in [0.2, 0.25) is 11.8 Å². The van der Waals surface area contributed by atoms with Crippen molar-refractivity contribution in [1.82, 2.24) is 19.9 Å². The summed E-state index contributed by atoms with van der Waals surface area (Å²) in [6, 6.07) is 4.04. The van der Waals surface area contributed by atoms with E-state index in [0.29, 0.717) is 17.8 Å². The standard InChI is InChI=1S/C16H20N6O/c1-23-14-5-8-18-16(21-14)22-9-6-12(10-22)19-13-4-7-17-15(20-13)11-2-3-11/h4-5,7-8,11-12H,2-3,6,9-10H2,1H3,(H,17,19,20). The van der Waals surface area contributed by atoms with Crippen molar-refractivity contribution in [2.24, 2.45) is 0 Å². The molecule has 1 unspecified atom stereocenters. The van der Waals surface area contributed by atoms with Crippen LogP contribution < -0.4 is 15.0 Å². The van der Waals surface area contributed by atoms with E-state index < -0.39 is 0 Å². The summed E-state index contributed by atoms with van der Waals surface area (Å²) >= 11 is 0. The van der Waals surface area contributed by atoms with Gasteiger partial charge in [0.15, 0.2) is 0 Å². The molecule has 7 heteroatoms. The molecule has 2 aromatic rings. The van der Waals surface area contributed by atoms with Crippen molar-refractivity contribution >= 4 is 11.8 Å². The molecule has 2 aromatic heterocycles. The Kier molecular flexibility index (Phi) is 3.69. The van der Waals surface area contributed by atoms with E-state index in [4.69, 9.17) is 4.74 Å². The molecule has 1 aliphatic heterocycles. The Hall–Kier alpha value is -2.44. The van der Waals surface area contributed by atoms with Gasteiger partial charge in [0.25, 0.3) is 0 Å². The zero-order valence-corrected chi connectivity index (χ0v) is 13.1. The number of anilines is 2. The molecule has 1 saturated heterocycles. The molecule has 0 amide bonds. The van der Waals surface area contributed by atoms with Crippen LogP contribution in [0.3, 0.4) is 0 Å². The monoisotopic (exact) mass is 312 g/mol. The molecule has 1 saturated carbocycles. The normalized spacial score (nSPS) is 20.6. The topological polar surface area (TPSA) is 76.1 Å². The molecule has 7 nitrogen and oxygen atoms in total. The molecule has 0 spiro atoms. The average molecular weight is 312 g/mol. The number of methoxy groups -OCH3 is 1. The van der Waals surface area contributed by atoms with Crippen LogP contribution in [0, 0.1) is 0 Å². The highest BCUT2D eigenvalue weighted by Crippen LogP contribution is 2.38. The molecular weight excluding hydrogens is 292 g/mol. The van der Waals surface area contributed by atoms with E-state index >= 15 is 0 Å². The van der Waals surface area contributed by atoms with E-state index in [2.05, 4.69) is 30.2 Å². The third kappa shape index (κ3) is 3.18. The Morgan fingerprint density at radius 3 is 2.83 bits per heavy atom. The smallest absolute Gasteiger partial charge is 0.228 e. The maximum Gasteiger partial charge on any atom is 0.228 e. The zero-order valence-electron chi connectivity index (χ0n) is 13.1. The lowest BCUT2D eigenvalue weighted by molar-refractivity contribution is 0.397. The lowest BCUT2D eigenvalue weighted by Gasteiger charge is -2.17. The Balaban J connectivity index is 1.41. The van der Waals surface area contributed by atoms with Crippen LogP contribution in [0.5, 0.6) is 5.88 Å². The summed E-state index contributed by atoms with van der Waals surface area (Å²) in [5.74, 6) is 3.77. The summed E-state index contributed by atoms with van der Waals surface area (Å²) in [7, 11) is 1.62. The van der Waals surface area contributed by atoms with Crippen LogP contribution in [-0.2, 0) is 0 Å². The van der Waals surface area contributed by atoms with Crippen molar-refractivity contribution in [1.29, 1.82) is 0 Å². The van der Waals surface area contributed by atoms with E-state index in [1.807, 2.05) is 12.3 Å². The second kappa shape index (κ2) is 5.98. The molecular formula is C16H20N6O. The molecule has 2 fully saturated rings. The van der Waals surface area contributed by atoms with Crippen LogP contribution in [0.2, 0.25) is 0 Å². The minimum Gasteiger partial charge on any atom is -0.481 e. The summed E-state index contributed by atoms with van der Waals surface area (Å²) in [4.78, 5) is 19.9. The number of ether oxygens (including phenoxy) is 1. The first kappa shape index (κ1) is 14.2. The maximum atomic E-state index is 5.17. The van der Waals surface area contributed by atoms with Crippen molar-refractivity contribution in [2.45, 2.75) is 31.2 Å². The van der Waals surface area contributed by atoms with Crippen molar-refractivity contribution in [3.63, 3.8) is 0 Å². The highest BCUT2D eigenvalue weighted by molar-refractivity contribution is 5.40. The Morgan fingerprint density at radius 2 is 2.00 bits per heavy atom. The van der Waals surface area contributed by atoms with Gasteiger partial charge in [-0.15, -0.1) is 0 Å². The summed E-state index contributed by atoms with van der Waals surface area (Å²) < 4.78 is 5.17. The molecule has 0 aromatic carbocycles. The summed E-state index contributed by atoms with van der Waals surface area (Å²) in [5.41, 5.74) is 0. The highest BCUT2D eigenvalue weighted by Gasteiger charge is 2.28. The first-order chi connectivity index (χ1) is 11.3. The molecule has 0 bridgehead atoms. The molecule has 2 aliphatic rings. The van der Waals surface area contributed by atoms with Crippen molar-refractivity contribution in [2.75, 3.05) is 30.4 Å². The molecule has 1 aliphatic carbocycles. The number of aromatic nitrogens is 4. The van der Waals surface area contributed by atoms with Gasteiger partial charge in [-0.3, -0.25) is 0 Å². The molecule has 0 radical (unpaired) electrons. The fraction of sp³-hybridized carbons (Fsp3) is 0.500. The lowest BCUT2D eigenvalue weighted by atomic mass is 10.2. The SMILES string of the molecule is COc1ccnc(N2CCC(Nc3ccnc(C4CC4)n3)C2)n1. The van der Waals surface area contributed by atoms with Crippen LogP contribution in [-0.4, -0.2) is 46.2 Å². The van der Waals surface area contributed by atoms with Gasteiger partial charge in [-0.25, -0.2) is 15.0 Å². The summed E-state index contributed by atoms with van der Waals surface area (Å²) in [6.45, 7) is 1.78. The number of rotatable bonds is 5. The van der Waals surface area contributed by atoms with E-state index in [9.17, 15) is 0 Å². The predicted octanol–water partition coefficient (Wildman–Crippen LogP) is 1.84. The molecule has 1 atom stereocenters. The van der Waals surface area contributed by atoms with E-state index in [1.165, 1.54) is 12.8 Å². The van der Waals surface area contributed by atoms with E-state index in [-0.39, 0.29) is 0 Å². The second-order valence-electron chi connectivity index (χ2n) is 6.05. The molecule has 4 rings (SSSR count).